The van der Waals surface area contributed by atoms with Crippen LogP contribution in [-0.2, 0) is 12.3 Å². The van der Waals surface area contributed by atoms with Gasteiger partial charge in [0.25, 0.3) is 5.92 Å². The molecular weight excluding hydrogens is 570 g/mol. The average Bonchev–Trinajstić information content (AvgIpc) is 3.45. The third kappa shape index (κ3) is 5.89. The van der Waals surface area contributed by atoms with Crippen molar-refractivity contribution in [3.8, 4) is 11.1 Å². The summed E-state index contributed by atoms with van der Waals surface area (Å²) in [6.45, 7) is 21.6. The molecule has 0 amide bonds. The van der Waals surface area contributed by atoms with Crippen molar-refractivity contribution < 1.29 is 8.78 Å². The summed E-state index contributed by atoms with van der Waals surface area (Å²) in [5.41, 5.74) is 17.3. The number of alkyl halides is 2. The van der Waals surface area contributed by atoms with Crippen LogP contribution >= 0.6 is 0 Å². The Morgan fingerprint density at radius 1 is 0.935 bits per heavy atom. The molecule has 1 aromatic heterocycles. The number of halogens is 2. The summed E-state index contributed by atoms with van der Waals surface area (Å²) in [7, 11) is 0. The molecule has 0 aliphatic carbocycles. The van der Waals surface area contributed by atoms with E-state index in [4.69, 9.17) is 4.99 Å². The van der Waals surface area contributed by atoms with Gasteiger partial charge >= 0.3 is 0 Å². The van der Waals surface area contributed by atoms with Crippen LogP contribution in [0.5, 0.6) is 0 Å². The third-order valence-electron chi connectivity index (χ3n) is 9.12. The number of benzene rings is 3. The molecule has 236 valence electrons. The van der Waals surface area contributed by atoms with Crippen molar-refractivity contribution in [1.29, 1.82) is 0 Å². The molecule has 0 atom stereocenters. The fraction of sp³-hybridized carbons (Fsp3) is 0.262. The molecule has 0 fully saturated rings. The van der Waals surface area contributed by atoms with Crippen LogP contribution in [0.25, 0.3) is 28.3 Å². The Labute approximate surface area is 273 Å². The van der Waals surface area contributed by atoms with E-state index in [0.717, 1.165) is 80.7 Å². The monoisotopic (exact) mass is 614 g/mol. The average molecular weight is 615 g/mol. The number of aromatic nitrogens is 1. The predicted octanol–water partition coefficient (Wildman–Crippen LogP) is 11.8. The van der Waals surface area contributed by atoms with Crippen LogP contribution in [0, 0.1) is 34.6 Å². The van der Waals surface area contributed by atoms with E-state index in [1.165, 1.54) is 28.3 Å². The molecule has 2 nitrogen and oxygen atoms in total. The largest absolute Gasteiger partial charge is 0.358 e. The fourth-order valence-electron chi connectivity index (χ4n) is 7.19. The number of hydrogen-bond acceptors (Lipinski definition) is 1. The SMILES string of the molecule is C=C/C=C\c1ccc(-c2c(C)[nH]c(/C(=C3\N=C(C)C(c4ccccc4C(C)(F)F)=C3C)c3c(C)cc(C)cc3C)c2C)cc1CC. The van der Waals surface area contributed by atoms with Crippen molar-refractivity contribution in [2.24, 2.45) is 4.99 Å². The number of rotatable bonds is 8. The molecule has 0 saturated carbocycles. The van der Waals surface area contributed by atoms with Crippen molar-refractivity contribution in [3.63, 3.8) is 0 Å². The second-order valence-corrected chi connectivity index (χ2v) is 12.6. The van der Waals surface area contributed by atoms with E-state index in [-0.39, 0.29) is 5.56 Å². The molecule has 4 aromatic rings. The van der Waals surface area contributed by atoms with E-state index in [1.807, 2.05) is 26.0 Å². The molecule has 4 heteroatoms. The molecule has 0 spiro atoms. The Balaban J connectivity index is 1.83. The van der Waals surface area contributed by atoms with Gasteiger partial charge in [-0.3, -0.25) is 4.99 Å². The quantitative estimate of drug-likeness (QED) is 0.191. The lowest BCUT2D eigenvalue weighted by Gasteiger charge is -2.19. The Kier molecular flexibility index (Phi) is 9.04. The van der Waals surface area contributed by atoms with Gasteiger partial charge in [-0.05, 0) is 105 Å². The molecule has 0 saturated heterocycles. The van der Waals surface area contributed by atoms with Gasteiger partial charge < -0.3 is 4.98 Å². The minimum atomic E-state index is -2.99. The lowest BCUT2D eigenvalue weighted by Crippen LogP contribution is -2.12. The Hall–Kier alpha value is -4.57. The maximum absolute atomic E-state index is 14.9. The number of aromatic amines is 1. The summed E-state index contributed by atoms with van der Waals surface area (Å²) < 4.78 is 29.7. The Bertz CT molecular complexity index is 1960. The second kappa shape index (κ2) is 12.7. The van der Waals surface area contributed by atoms with Gasteiger partial charge in [0.05, 0.1) is 11.4 Å². The molecule has 0 radical (unpaired) electrons. The number of nitrogens with zero attached hydrogens (tertiary/aromatic N) is 1. The van der Waals surface area contributed by atoms with E-state index >= 15 is 0 Å². The van der Waals surface area contributed by atoms with Crippen LogP contribution in [0.15, 0.2) is 89.6 Å². The first-order valence-electron chi connectivity index (χ1n) is 16.0. The number of aliphatic imine (C=N–C) groups is 1. The van der Waals surface area contributed by atoms with Gasteiger partial charge in [0.2, 0.25) is 0 Å². The number of allylic oxidation sites excluding steroid dienone is 4. The molecule has 1 aliphatic rings. The number of nitrogens with one attached hydrogen (secondary N) is 1. The molecule has 1 N–H and O–H groups in total. The van der Waals surface area contributed by atoms with Crippen molar-refractivity contribution in [2.75, 3.05) is 0 Å². The first kappa shape index (κ1) is 32.8. The first-order valence-corrected chi connectivity index (χ1v) is 16.0. The minimum Gasteiger partial charge on any atom is -0.358 e. The lowest BCUT2D eigenvalue weighted by atomic mass is 9.86. The summed E-state index contributed by atoms with van der Waals surface area (Å²) in [5.74, 6) is -2.99. The van der Waals surface area contributed by atoms with Crippen LogP contribution in [0.3, 0.4) is 0 Å². The van der Waals surface area contributed by atoms with Gasteiger partial charge in [-0.25, -0.2) is 8.78 Å². The zero-order valence-electron chi connectivity index (χ0n) is 28.5. The highest BCUT2D eigenvalue weighted by Gasteiger charge is 2.33. The van der Waals surface area contributed by atoms with Gasteiger partial charge in [0.15, 0.2) is 0 Å². The summed E-state index contributed by atoms with van der Waals surface area (Å²) in [4.78, 5) is 8.94. The number of H-pyrrole nitrogens is 1. The van der Waals surface area contributed by atoms with E-state index in [9.17, 15) is 8.78 Å². The molecule has 0 unspecified atom stereocenters. The fourth-order valence-corrected chi connectivity index (χ4v) is 7.19. The maximum atomic E-state index is 14.9. The maximum Gasteiger partial charge on any atom is 0.271 e. The Morgan fingerprint density at radius 2 is 1.61 bits per heavy atom. The molecule has 0 bridgehead atoms. The van der Waals surface area contributed by atoms with Gasteiger partial charge in [-0.1, -0.05) is 91.9 Å². The number of aryl methyl sites for hydroxylation is 5. The molecule has 46 heavy (non-hydrogen) atoms. The molecule has 2 heterocycles. The van der Waals surface area contributed by atoms with Crippen molar-refractivity contribution in [1.82, 2.24) is 4.98 Å². The Morgan fingerprint density at radius 3 is 2.24 bits per heavy atom. The topological polar surface area (TPSA) is 28.1 Å². The molecule has 1 aliphatic heterocycles. The highest BCUT2D eigenvalue weighted by Crippen LogP contribution is 2.45. The highest BCUT2D eigenvalue weighted by atomic mass is 19.3. The van der Waals surface area contributed by atoms with Crippen LogP contribution in [-0.4, -0.2) is 10.7 Å². The van der Waals surface area contributed by atoms with Gasteiger partial charge in [-0.2, -0.15) is 0 Å². The zero-order valence-corrected chi connectivity index (χ0v) is 28.5. The van der Waals surface area contributed by atoms with Crippen LogP contribution in [0.2, 0.25) is 0 Å². The zero-order chi connectivity index (χ0) is 33.5. The van der Waals surface area contributed by atoms with E-state index in [1.54, 1.807) is 18.2 Å². The van der Waals surface area contributed by atoms with Gasteiger partial charge in [0.1, 0.15) is 0 Å². The minimum absolute atomic E-state index is 0.0108. The van der Waals surface area contributed by atoms with Gasteiger partial charge in [-0.15, -0.1) is 0 Å². The van der Waals surface area contributed by atoms with Crippen molar-refractivity contribution >= 4 is 22.9 Å². The summed E-state index contributed by atoms with van der Waals surface area (Å²) >= 11 is 0. The van der Waals surface area contributed by atoms with Crippen LogP contribution < -0.4 is 0 Å². The molecular formula is C42H44F2N2. The number of hydrogen-bond donors (Lipinski definition) is 1. The summed E-state index contributed by atoms with van der Waals surface area (Å²) in [6.07, 6.45) is 6.78. The summed E-state index contributed by atoms with van der Waals surface area (Å²) in [6, 6.07) is 17.9. The third-order valence-corrected chi connectivity index (χ3v) is 9.12. The smallest absolute Gasteiger partial charge is 0.271 e. The van der Waals surface area contributed by atoms with Crippen molar-refractivity contribution in [2.45, 2.75) is 74.7 Å². The van der Waals surface area contributed by atoms with Crippen LogP contribution in [0.1, 0.15) is 89.2 Å². The van der Waals surface area contributed by atoms with Crippen molar-refractivity contribution in [3.05, 3.63) is 146 Å². The van der Waals surface area contributed by atoms with E-state index in [0.29, 0.717) is 5.56 Å². The molecule has 5 rings (SSSR count). The standard InChI is InChI=1S/C42H44F2N2/c1-11-13-16-32-19-20-33(23-31(32)12-2)37-27(6)40(45-29(37)8)39(36-25(4)21-24(3)22-26(36)5)41-28(7)38(30(9)46-41)34-17-14-15-18-35(34)42(10,43)44/h11,13-23,45H,1,12H2,2-10H3/b16-13-,41-39-. The first-order chi connectivity index (χ1) is 21.8. The predicted molar refractivity (Wildman–Crippen MR) is 193 cm³/mol. The second-order valence-electron chi connectivity index (χ2n) is 12.6. The molecule has 3 aromatic carbocycles. The van der Waals surface area contributed by atoms with Crippen LogP contribution in [0.4, 0.5) is 8.78 Å². The summed E-state index contributed by atoms with van der Waals surface area (Å²) in [5, 5.41) is 0. The van der Waals surface area contributed by atoms with E-state index < -0.39 is 5.92 Å². The van der Waals surface area contributed by atoms with Gasteiger partial charge in [0, 0.05) is 40.6 Å². The van der Waals surface area contributed by atoms with E-state index in [2.05, 4.69) is 89.5 Å². The lowest BCUT2D eigenvalue weighted by molar-refractivity contribution is 0.0172. The highest BCUT2D eigenvalue weighted by molar-refractivity contribution is 6.28. The normalized spacial score (nSPS) is 14.8.